The Morgan fingerprint density at radius 2 is 1.25 bits per heavy atom. The molecule has 2 saturated heterocycles. The lowest BCUT2D eigenvalue weighted by Crippen LogP contribution is -2.48. The van der Waals surface area contributed by atoms with Crippen LogP contribution in [0.2, 0.25) is 0 Å². The first-order valence-electron chi connectivity index (χ1n) is 16.0. The molecular weight excluding hydrogens is 653 g/mol. The van der Waals surface area contributed by atoms with Gasteiger partial charge in [0.05, 0.1) is 33.0 Å². The Morgan fingerprint density at radius 1 is 0.708 bits per heavy atom. The second kappa shape index (κ2) is 17.0. The standard InChI is InChI=1S/C37H40O9S2/c38-48(39,40)46-32-24-44-37(31-19-11-4-12-20-31)45-33(32)26-47-27-34(42-22-29-15-7-2-8-16-29)36(43-23-30-17-9-3-10-18-30)35(47)25-41-21-28-13-5-1-6-14-28/h1-20,32-37H,21-27H2/p+1/t32-,33+,34+,35+,36-,37+,47?/m0/s1. The van der Waals surface area contributed by atoms with Crippen LogP contribution in [0.1, 0.15) is 28.5 Å². The summed E-state index contributed by atoms with van der Waals surface area (Å²) in [6, 6.07) is 39.5. The predicted octanol–water partition coefficient (Wildman–Crippen LogP) is 5.68. The molecule has 0 bridgehead atoms. The summed E-state index contributed by atoms with van der Waals surface area (Å²) in [5, 5.41) is -0.0915. The van der Waals surface area contributed by atoms with Gasteiger partial charge in [0.1, 0.15) is 35.9 Å². The van der Waals surface area contributed by atoms with E-state index in [0.717, 1.165) is 22.3 Å². The summed E-state index contributed by atoms with van der Waals surface area (Å²) in [6.07, 6.45) is -3.02. The Labute approximate surface area is 285 Å². The monoisotopic (exact) mass is 693 g/mol. The van der Waals surface area contributed by atoms with Crippen molar-refractivity contribution >= 4 is 21.3 Å². The Morgan fingerprint density at radius 3 is 1.83 bits per heavy atom. The van der Waals surface area contributed by atoms with Crippen LogP contribution in [0.3, 0.4) is 0 Å². The molecule has 48 heavy (non-hydrogen) atoms. The number of rotatable bonds is 15. The zero-order chi connectivity index (χ0) is 33.2. The third-order valence-corrected chi connectivity index (χ3v) is 11.6. The molecule has 1 N–H and O–H groups in total. The number of ether oxygens (including phenoxy) is 5. The van der Waals surface area contributed by atoms with Crippen molar-refractivity contribution in [1.82, 2.24) is 0 Å². The summed E-state index contributed by atoms with van der Waals surface area (Å²) in [6.45, 7) is 1.59. The molecule has 0 saturated carbocycles. The molecule has 0 aromatic heterocycles. The van der Waals surface area contributed by atoms with Crippen molar-refractivity contribution in [2.75, 3.05) is 24.7 Å². The van der Waals surface area contributed by atoms with Crippen molar-refractivity contribution in [3.8, 4) is 0 Å². The molecule has 0 aliphatic carbocycles. The molecule has 4 aromatic carbocycles. The highest BCUT2D eigenvalue weighted by Crippen LogP contribution is 2.35. The van der Waals surface area contributed by atoms with Crippen molar-refractivity contribution in [3.63, 3.8) is 0 Å². The van der Waals surface area contributed by atoms with E-state index in [9.17, 15) is 13.0 Å². The molecule has 6 rings (SSSR count). The first-order valence-corrected chi connectivity index (χ1v) is 19.0. The third kappa shape index (κ3) is 9.97. The van der Waals surface area contributed by atoms with Crippen molar-refractivity contribution in [2.24, 2.45) is 0 Å². The van der Waals surface area contributed by atoms with Gasteiger partial charge in [-0.15, -0.1) is 0 Å². The van der Waals surface area contributed by atoms with Crippen LogP contribution < -0.4 is 0 Å². The second-order valence-corrected chi connectivity index (χ2v) is 15.2. The minimum atomic E-state index is -4.76. The SMILES string of the molecule is O=S(=O)(O)O[C@H]1CO[C@@H](c2ccccc2)O[C@@H]1C[S+]1C[C@@H](OCc2ccccc2)[C@H](OCc2ccccc2)[C@H]1COCc1ccccc1. The van der Waals surface area contributed by atoms with Crippen LogP contribution in [-0.4, -0.2) is 67.4 Å². The number of benzene rings is 4. The number of hydrogen-bond acceptors (Lipinski definition) is 8. The van der Waals surface area contributed by atoms with Gasteiger partial charge in [-0.25, -0.2) is 4.18 Å². The lowest BCUT2D eigenvalue weighted by atomic mass is 10.1. The van der Waals surface area contributed by atoms with Crippen molar-refractivity contribution in [1.29, 1.82) is 0 Å². The Balaban J connectivity index is 1.26. The first-order chi connectivity index (χ1) is 23.4. The van der Waals surface area contributed by atoms with Crippen LogP contribution in [0.15, 0.2) is 121 Å². The average Bonchev–Trinajstić information content (AvgIpc) is 3.43. The fraction of sp³-hybridized carbons (Fsp3) is 0.351. The fourth-order valence-corrected chi connectivity index (χ4v) is 9.44. The highest BCUT2D eigenvalue weighted by Gasteiger charge is 2.55. The molecule has 0 amide bonds. The van der Waals surface area contributed by atoms with Gasteiger partial charge in [0.25, 0.3) is 0 Å². The smallest absolute Gasteiger partial charge is 0.371 e. The molecule has 2 aliphatic heterocycles. The van der Waals surface area contributed by atoms with E-state index in [1.54, 1.807) is 0 Å². The predicted molar refractivity (Wildman–Crippen MR) is 183 cm³/mol. The molecule has 2 aliphatic rings. The number of hydrogen-bond donors (Lipinski definition) is 1. The lowest BCUT2D eigenvalue weighted by molar-refractivity contribution is -0.245. The summed E-state index contributed by atoms with van der Waals surface area (Å²) in [5.74, 6) is 1.09. The summed E-state index contributed by atoms with van der Waals surface area (Å²) >= 11 is 0. The Kier molecular flexibility index (Phi) is 12.3. The highest BCUT2D eigenvalue weighted by molar-refractivity contribution is 7.97. The van der Waals surface area contributed by atoms with E-state index >= 15 is 0 Å². The quantitative estimate of drug-likeness (QED) is 0.124. The molecule has 0 radical (unpaired) electrons. The molecule has 9 nitrogen and oxygen atoms in total. The van der Waals surface area contributed by atoms with E-state index in [2.05, 4.69) is 0 Å². The summed E-state index contributed by atoms with van der Waals surface area (Å²) in [7, 11) is -5.19. The molecule has 0 spiro atoms. The van der Waals surface area contributed by atoms with E-state index < -0.39 is 39.8 Å². The van der Waals surface area contributed by atoms with Crippen molar-refractivity contribution in [3.05, 3.63) is 144 Å². The largest absolute Gasteiger partial charge is 0.397 e. The molecule has 254 valence electrons. The maximum Gasteiger partial charge on any atom is 0.397 e. The van der Waals surface area contributed by atoms with Gasteiger partial charge in [-0.1, -0.05) is 121 Å². The molecule has 2 fully saturated rings. The van der Waals surface area contributed by atoms with Crippen LogP contribution in [-0.2, 0) is 69.0 Å². The maximum absolute atomic E-state index is 11.9. The molecule has 7 atom stereocenters. The van der Waals surface area contributed by atoms with Crippen LogP contribution in [0.5, 0.6) is 0 Å². The van der Waals surface area contributed by atoms with E-state index in [-0.39, 0.29) is 24.1 Å². The van der Waals surface area contributed by atoms with E-state index in [0.29, 0.717) is 37.9 Å². The van der Waals surface area contributed by atoms with Gasteiger partial charge in [-0.05, 0) is 16.7 Å². The van der Waals surface area contributed by atoms with E-state index in [1.807, 2.05) is 121 Å². The minimum absolute atomic E-state index is 0.0712. The van der Waals surface area contributed by atoms with Crippen LogP contribution >= 0.6 is 0 Å². The van der Waals surface area contributed by atoms with Gasteiger partial charge in [0, 0.05) is 16.5 Å². The van der Waals surface area contributed by atoms with Gasteiger partial charge in [-0.2, -0.15) is 8.42 Å². The molecular formula is C37H41O9S2+. The zero-order valence-electron chi connectivity index (χ0n) is 26.5. The summed E-state index contributed by atoms with van der Waals surface area (Å²) in [4.78, 5) is 0. The summed E-state index contributed by atoms with van der Waals surface area (Å²) < 4.78 is 70.4. The maximum atomic E-state index is 11.9. The third-order valence-electron chi connectivity index (χ3n) is 8.35. The van der Waals surface area contributed by atoms with Crippen molar-refractivity contribution < 1.29 is 40.8 Å². The molecule has 11 heteroatoms. The summed E-state index contributed by atoms with van der Waals surface area (Å²) in [5.41, 5.74) is 3.98. The minimum Gasteiger partial charge on any atom is -0.371 e. The van der Waals surface area contributed by atoms with Gasteiger partial charge >= 0.3 is 10.4 Å². The lowest BCUT2D eigenvalue weighted by Gasteiger charge is -2.35. The van der Waals surface area contributed by atoms with Gasteiger partial charge in [-0.3, -0.25) is 4.55 Å². The van der Waals surface area contributed by atoms with Gasteiger partial charge < -0.3 is 23.7 Å². The Bertz CT molecular complexity index is 1630. The fourth-order valence-electron chi connectivity index (χ4n) is 5.97. The average molecular weight is 694 g/mol. The topological polar surface area (TPSA) is 110 Å². The van der Waals surface area contributed by atoms with Crippen molar-refractivity contribution in [2.45, 2.75) is 55.8 Å². The molecule has 1 unspecified atom stereocenters. The zero-order valence-corrected chi connectivity index (χ0v) is 28.1. The highest BCUT2D eigenvalue weighted by atomic mass is 32.3. The van der Waals surface area contributed by atoms with E-state index in [1.165, 1.54) is 0 Å². The van der Waals surface area contributed by atoms with Gasteiger partial charge in [0.15, 0.2) is 11.5 Å². The molecule has 2 heterocycles. The molecule has 4 aromatic rings. The van der Waals surface area contributed by atoms with E-state index in [4.69, 9.17) is 27.9 Å². The Hall–Kier alpha value is -3.10. The second-order valence-electron chi connectivity index (χ2n) is 11.8. The van der Waals surface area contributed by atoms with Crippen LogP contribution in [0.4, 0.5) is 0 Å². The normalized spacial score (nSPS) is 26.0. The van der Waals surface area contributed by atoms with Gasteiger partial charge in [0.2, 0.25) is 0 Å². The van der Waals surface area contributed by atoms with Crippen LogP contribution in [0.25, 0.3) is 0 Å². The van der Waals surface area contributed by atoms with Crippen LogP contribution in [0, 0.1) is 0 Å². The first kappa shape index (κ1) is 34.8.